The van der Waals surface area contributed by atoms with E-state index in [1.54, 1.807) is 6.20 Å². The molecule has 0 amide bonds. The Hall–Kier alpha value is -1.82. The zero-order valence-electron chi connectivity index (χ0n) is 16.6. The number of aryl methyl sites for hydroxylation is 1. The fourth-order valence-electron chi connectivity index (χ4n) is 3.20. The van der Waals surface area contributed by atoms with Crippen molar-refractivity contribution in [3.8, 4) is 0 Å². The van der Waals surface area contributed by atoms with Gasteiger partial charge in [-0.1, -0.05) is 18.2 Å². The van der Waals surface area contributed by atoms with Crippen molar-refractivity contribution in [3.63, 3.8) is 0 Å². The normalized spacial score (nSPS) is 13.7. The summed E-state index contributed by atoms with van der Waals surface area (Å²) in [5.74, 6) is 0.666. The molecular formula is C19H29IN6O2S. The Balaban J connectivity index is 0.00000300. The first kappa shape index (κ1) is 23.5. The summed E-state index contributed by atoms with van der Waals surface area (Å²) in [4.78, 5) is 4.51. The molecule has 1 aliphatic heterocycles. The highest BCUT2D eigenvalue weighted by Gasteiger charge is 2.28. The smallest absolute Gasteiger partial charge is 0.236 e. The Morgan fingerprint density at radius 1 is 1.24 bits per heavy atom. The maximum atomic E-state index is 12.7. The molecule has 0 unspecified atom stereocenters. The number of aliphatic imine (C=N–C) groups is 1. The maximum absolute atomic E-state index is 12.7. The van der Waals surface area contributed by atoms with Crippen LogP contribution in [0.2, 0.25) is 0 Å². The van der Waals surface area contributed by atoms with Crippen LogP contribution in [0.4, 0.5) is 5.69 Å². The summed E-state index contributed by atoms with van der Waals surface area (Å²) in [5.41, 5.74) is 1.90. The number of nitrogens with one attached hydrogen (secondary N) is 2. The first-order valence-electron chi connectivity index (χ1n) is 9.68. The Labute approximate surface area is 189 Å². The van der Waals surface area contributed by atoms with Gasteiger partial charge in [0.2, 0.25) is 10.0 Å². The van der Waals surface area contributed by atoms with E-state index < -0.39 is 10.0 Å². The van der Waals surface area contributed by atoms with Gasteiger partial charge in [0.15, 0.2) is 5.96 Å². The van der Waals surface area contributed by atoms with Crippen molar-refractivity contribution >= 4 is 45.6 Å². The lowest BCUT2D eigenvalue weighted by molar-refractivity contribution is 0.583. The molecule has 0 radical (unpaired) electrons. The predicted octanol–water partition coefficient (Wildman–Crippen LogP) is 1.84. The Morgan fingerprint density at radius 2 is 2.07 bits per heavy atom. The lowest BCUT2D eigenvalue weighted by atomic mass is 10.2. The van der Waals surface area contributed by atoms with Crippen LogP contribution in [0, 0.1) is 0 Å². The number of halogens is 1. The average Bonchev–Trinajstić information content (AvgIpc) is 3.35. The molecule has 0 fully saturated rings. The summed E-state index contributed by atoms with van der Waals surface area (Å²) in [6.07, 6.45) is 5.31. The minimum absolute atomic E-state index is 0. The second-order valence-electron chi connectivity index (χ2n) is 6.58. The highest BCUT2D eigenvalue weighted by molar-refractivity contribution is 14.0. The number of fused-ring (bicyclic) bond motifs is 1. The monoisotopic (exact) mass is 532 g/mol. The molecule has 2 aromatic rings. The molecule has 0 spiro atoms. The number of nitrogens with zero attached hydrogens (tertiary/aromatic N) is 4. The summed E-state index contributed by atoms with van der Waals surface area (Å²) < 4.78 is 28.9. The van der Waals surface area contributed by atoms with Gasteiger partial charge in [-0.05, 0) is 37.5 Å². The Kier molecular flexibility index (Phi) is 9.21. The first-order chi connectivity index (χ1) is 13.6. The Bertz CT molecular complexity index is 886. The molecule has 0 saturated heterocycles. The first-order valence-corrected chi connectivity index (χ1v) is 11.3. The van der Waals surface area contributed by atoms with Crippen LogP contribution in [-0.4, -0.2) is 56.1 Å². The van der Waals surface area contributed by atoms with Gasteiger partial charge in [0.25, 0.3) is 0 Å². The van der Waals surface area contributed by atoms with Crippen molar-refractivity contribution in [3.05, 3.63) is 48.3 Å². The second-order valence-corrected chi connectivity index (χ2v) is 8.59. The summed E-state index contributed by atoms with van der Waals surface area (Å²) in [6, 6.07) is 9.58. The molecule has 0 saturated carbocycles. The van der Waals surface area contributed by atoms with E-state index in [1.807, 2.05) is 48.1 Å². The standard InChI is InChI=1S/C19H28N6O2S.HI/c1-2-20-19(21-10-5-13-24-14-6-11-23-24)22-12-16-28(26,27)25-15-9-17-7-3-4-8-18(17)25;/h3-4,6-8,11,14H,2,5,9-10,12-13,15-16H2,1H3,(H2,20,21,22);1H. The van der Waals surface area contributed by atoms with Crippen molar-refractivity contribution < 1.29 is 8.42 Å². The number of hydrogen-bond donors (Lipinski definition) is 2. The van der Waals surface area contributed by atoms with Gasteiger partial charge < -0.3 is 10.6 Å². The molecule has 1 aromatic carbocycles. The van der Waals surface area contributed by atoms with E-state index in [1.165, 1.54) is 4.31 Å². The van der Waals surface area contributed by atoms with Gasteiger partial charge in [-0.25, -0.2) is 8.42 Å². The van der Waals surface area contributed by atoms with Crippen LogP contribution < -0.4 is 14.9 Å². The zero-order chi connectivity index (χ0) is 19.8. The van der Waals surface area contributed by atoms with Gasteiger partial charge in [-0.2, -0.15) is 5.10 Å². The summed E-state index contributed by atoms with van der Waals surface area (Å²) >= 11 is 0. The Morgan fingerprint density at radius 3 is 2.83 bits per heavy atom. The number of aromatic nitrogens is 2. The summed E-state index contributed by atoms with van der Waals surface area (Å²) in [6.45, 7) is 4.98. The third-order valence-corrected chi connectivity index (χ3v) is 6.32. The highest BCUT2D eigenvalue weighted by Crippen LogP contribution is 2.29. The number of benzene rings is 1. The topological polar surface area (TPSA) is 91.6 Å². The maximum Gasteiger partial charge on any atom is 0.236 e. The molecule has 160 valence electrons. The SMILES string of the molecule is CCNC(=NCCCn1cccn1)NCCS(=O)(=O)N1CCc2ccccc21.I. The van der Waals surface area contributed by atoms with E-state index in [4.69, 9.17) is 0 Å². The van der Waals surface area contributed by atoms with Gasteiger partial charge in [0, 0.05) is 45.1 Å². The fourth-order valence-corrected chi connectivity index (χ4v) is 4.63. The van der Waals surface area contributed by atoms with E-state index in [9.17, 15) is 8.42 Å². The van der Waals surface area contributed by atoms with Crippen molar-refractivity contribution in [2.75, 3.05) is 36.2 Å². The molecular weight excluding hydrogens is 503 g/mol. The molecule has 1 aliphatic rings. The molecule has 2 heterocycles. The van der Waals surface area contributed by atoms with Crippen LogP contribution in [0.1, 0.15) is 18.9 Å². The van der Waals surface area contributed by atoms with Gasteiger partial charge in [0.1, 0.15) is 0 Å². The molecule has 2 N–H and O–H groups in total. The van der Waals surface area contributed by atoms with Crippen LogP contribution in [0.5, 0.6) is 0 Å². The number of hydrogen-bond acceptors (Lipinski definition) is 4. The predicted molar refractivity (Wildman–Crippen MR) is 128 cm³/mol. The minimum Gasteiger partial charge on any atom is -0.357 e. The average molecular weight is 532 g/mol. The van der Waals surface area contributed by atoms with E-state index in [-0.39, 0.29) is 29.7 Å². The summed E-state index contributed by atoms with van der Waals surface area (Å²) in [5, 5.41) is 10.4. The molecule has 0 atom stereocenters. The van der Waals surface area contributed by atoms with Crippen molar-refractivity contribution in [2.24, 2.45) is 4.99 Å². The van der Waals surface area contributed by atoms with Crippen molar-refractivity contribution in [2.45, 2.75) is 26.3 Å². The lowest BCUT2D eigenvalue weighted by Crippen LogP contribution is -2.42. The molecule has 0 bridgehead atoms. The number of anilines is 1. The highest BCUT2D eigenvalue weighted by atomic mass is 127. The lowest BCUT2D eigenvalue weighted by Gasteiger charge is -2.20. The largest absolute Gasteiger partial charge is 0.357 e. The van der Waals surface area contributed by atoms with Gasteiger partial charge in [-0.3, -0.25) is 14.0 Å². The third kappa shape index (κ3) is 6.59. The number of rotatable bonds is 9. The number of para-hydroxylation sites is 1. The van der Waals surface area contributed by atoms with E-state index in [0.29, 0.717) is 25.6 Å². The molecule has 3 rings (SSSR count). The summed E-state index contributed by atoms with van der Waals surface area (Å²) in [7, 11) is -3.36. The van der Waals surface area contributed by atoms with Gasteiger partial charge >= 0.3 is 0 Å². The van der Waals surface area contributed by atoms with Gasteiger partial charge in [-0.15, -0.1) is 24.0 Å². The molecule has 10 heteroatoms. The quantitative estimate of drug-likeness (QED) is 0.223. The number of sulfonamides is 1. The third-order valence-electron chi connectivity index (χ3n) is 4.55. The fraction of sp³-hybridized carbons (Fsp3) is 0.474. The van der Waals surface area contributed by atoms with Crippen molar-refractivity contribution in [1.29, 1.82) is 0 Å². The molecule has 8 nitrogen and oxygen atoms in total. The van der Waals surface area contributed by atoms with Crippen LogP contribution >= 0.6 is 24.0 Å². The molecule has 0 aliphatic carbocycles. The van der Waals surface area contributed by atoms with Crippen LogP contribution in [0.15, 0.2) is 47.7 Å². The van der Waals surface area contributed by atoms with E-state index in [0.717, 1.165) is 37.2 Å². The van der Waals surface area contributed by atoms with Gasteiger partial charge in [0.05, 0.1) is 11.4 Å². The van der Waals surface area contributed by atoms with Crippen LogP contribution in [0.25, 0.3) is 0 Å². The van der Waals surface area contributed by atoms with Crippen molar-refractivity contribution in [1.82, 2.24) is 20.4 Å². The number of guanidine groups is 1. The molecule has 29 heavy (non-hydrogen) atoms. The van der Waals surface area contributed by atoms with E-state index in [2.05, 4.69) is 20.7 Å². The minimum atomic E-state index is -3.36. The second kappa shape index (κ2) is 11.4. The molecule has 1 aromatic heterocycles. The van der Waals surface area contributed by atoms with Crippen LogP contribution in [0.3, 0.4) is 0 Å². The van der Waals surface area contributed by atoms with E-state index >= 15 is 0 Å². The zero-order valence-corrected chi connectivity index (χ0v) is 19.8. The van der Waals surface area contributed by atoms with Crippen LogP contribution in [-0.2, 0) is 23.0 Å².